The molecular formula is C21H23N5O3S. The van der Waals surface area contributed by atoms with Crippen LogP contribution in [0.3, 0.4) is 0 Å². The highest BCUT2D eigenvalue weighted by atomic mass is 32.1. The number of thiophene rings is 1. The highest BCUT2D eigenvalue weighted by Crippen LogP contribution is 2.29. The van der Waals surface area contributed by atoms with Gasteiger partial charge in [0.15, 0.2) is 5.65 Å². The first kappa shape index (κ1) is 19.2. The number of methoxy groups -OCH3 is 1. The molecule has 0 N–H and O–H groups in total. The first-order valence-corrected chi connectivity index (χ1v) is 10.8. The van der Waals surface area contributed by atoms with Crippen LogP contribution in [0.5, 0.6) is 5.75 Å². The average Bonchev–Trinajstić information content (AvgIpc) is 3.33. The van der Waals surface area contributed by atoms with Crippen molar-refractivity contribution in [3.05, 3.63) is 57.6 Å². The summed E-state index contributed by atoms with van der Waals surface area (Å²) in [7, 11) is 1.64. The second kappa shape index (κ2) is 8.17. The van der Waals surface area contributed by atoms with Crippen molar-refractivity contribution >= 4 is 27.2 Å². The smallest absolute Gasteiger partial charge is 0.352 e. The first-order valence-electron chi connectivity index (χ1n) is 10.0. The molecule has 3 aromatic heterocycles. The zero-order chi connectivity index (χ0) is 20.5. The lowest BCUT2D eigenvalue weighted by molar-refractivity contribution is 0.140. The summed E-state index contributed by atoms with van der Waals surface area (Å²) in [6.07, 6.45) is 2.48. The maximum atomic E-state index is 13.2. The molecule has 5 rings (SSSR count). The van der Waals surface area contributed by atoms with E-state index in [1.54, 1.807) is 23.0 Å². The average molecular weight is 426 g/mol. The molecule has 0 radical (unpaired) electrons. The number of rotatable bonds is 5. The summed E-state index contributed by atoms with van der Waals surface area (Å²) in [6.45, 7) is 4.85. The van der Waals surface area contributed by atoms with Crippen molar-refractivity contribution in [2.45, 2.75) is 19.5 Å². The first-order chi connectivity index (χ1) is 14.7. The molecule has 4 heterocycles. The predicted molar refractivity (Wildman–Crippen MR) is 115 cm³/mol. The Morgan fingerprint density at radius 2 is 2.03 bits per heavy atom. The minimum Gasteiger partial charge on any atom is -0.497 e. The van der Waals surface area contributed by atoms with Crippen molar-refractivity contribution in [2.75, 3.05) is 33.4 Å². The number of fused-ring (bicyclic) bond motifs is 3. The molecule has 0 bridgehead atoms. The maximum absolute atomic E-state index is 13.2. The lowest BCUT2D eigenvalue weighted by atomic mass is 10.2. The molecule has 30 heavy (non-hydrogen) atoms. The van der Waals surface area contributed by atoms with E-state index in [-0.39, 0.29) is 5.69 Å². The number of ether oxygens (including phenoxy) is 2. The Balaban J connectivity index is 1.56. The summed E-state index contributed by atoms with van der Waals surface area (Å²) >= 11 is 1.66. The Morgan fingerprint density at radius 1 is 1.17 bits per heavy atom. The predicted octanol–water partition coefficient (Wildman–Crippen LogP) is 2.38. The lowest BCUT2D eigenvalue weighted by Crippen LogP contribution is -2.27. The van der Waals surface area contributed by atoms with Crippen LogP contribution in [0.4, 0.5) is 0 Å². The molecular weight excluding hydrogens is 402 g/mol. The lowest BCUT2D eigenvalue weighted by Gasteiger charge is -2.17. The summed E-state index contributed by atoms with van der Waals surface area (Å²) in [5.41, 5.74) is 1.46. The zero-order valence-electron chi connectivity index (χ0n) is 16.8. The van der Waals surface area contributed by atoms with Crippen LogP contribution in [0.15, 0.2) is 41.5 Å². The monoisotopic (exact) mass is 425 g/mol. The molecule has 1 aromatic carbocycles. The Bertz CT molecular complexity index is 1220. The van der Waals surface area contributed by atoms with Crippen molar-refractivity contribution in [1.82, 2.24) is 24.1 Å². The third-order valence-corrected chi connectivity index (χ3v) is 6.55. The molecule has 1 saturated heterocycles. The van der Waals surface area contributed by atoms with Crippen molar-refractivity contribution < 1.29 is 9.47 Å². The van der Waals surface area contributed by atoms with Crippen molar-refractivity contribution in [2.24, 2.45) is 0 Å². The van der Waals surface area contributed by atoms with Gasteiger partial charge in [-0.3, -0.25) is 9.47 Å². The number of benzene rings is 1. The van der Waals surface area contributed by atoms with Crippen molar-refractivity contribution in [3.63, 3.8) is 0 Å². The van der Waals surface area contributed by atoms with Crippen LogP contribution in [0.1, 0.15) is 16.9 Å². The van der Waals surface area contributed by atoms with Crippen LogP contribution >= 0.6 is 11.3 Å². The van der Waals surface area contributed by atoms with Crippen LogP contribution < -0.4 is 10.4 Å². The number of hydrogen-bond acceptors (Lipinski definition) is 7. The van der Waals surface area contributed by atoms with Gasteiger partial charge in [-0.1, -0.05) is 12.1 Å². The van der Waals surface area contributed by atoms with E-state index < -0.39 is 0 Å². The second-order valence-electron chi connectivity index (χ2n) is 7.39. The van der Waals surface area contributed by atoms with Gasteiger partial charge >= 0.3 is 5.69 Å². The summed E-state index contributed by atoms with van der Waals surface area (Å²) in [5, 5.41) is 5.13. The Hall–Kier alpha value is -2.75. The van der Waals surface area contributed by atoms with Gasteiger partial charge in [0.2, 0.25) is 0 Å². The van der Waals surface area contributed by atoms with E-state index in [0.29, 0.717) is 12.2 Å². The fraction of sp³-hybridized carbons (Fsp3) is 0.381. The molecule has 0 saturated carbocycles. The molecule has 4 aromatic rings. The summed E-state index contributed by atoms with van der Waals surface area (Å²) in [5.74, 6) is 0.794. The molecule has 1 aliphatic rings. The largest absolute Gasteiger partial charge is 0.497 e. The van der Waals surface area contributed by atoms with Crippen LogP contribution in [0.25, 0.3) is 15.9 Å². The molecule has 0 spiro atoms. The minimum absolute atomic E-state index is 0.178. The third kappa shape index (κ3) is 3.60. The Labute approximate surface area is 177 Å². The van der Waals surface area contributed by atoms with Crippen LogP contribution in [-0.2, 0) is 17.8 Å². The van der Waals surface area contributed by atoms with E-state index in [4.69, 9.17) is 9.47 Å². The standard InChI is InChI=1S/C21H23N5O3S/c1-28-16-5-3-15(4-6-16)12-25-20-18(19-22-14-23-26(19)21(25)27)11-17(30-20)13-24-7-2-9-29-10-8-24/h3-6,11,14H,2,7-10,12-13H2,1H3. The fourth-order valence-electron chi connectivity index (χ4n) is 3.87. The topological polar surface area (TPSA) is 73.9 Å². The molecule has 1 fully saturated rings. The maximum Gasteiger partial charge on any atom is 0.352 e. The number of aromatic nitrogens is 4. The minimum atomic E-state index is -0.178. The Kier molecular flexibility index (Phi) is 5.24. The van der Waals surface area contributed by atoms with Gasteiger partial charge in [0, 0.05) is 31.1 Å². The Morgan fingerprint density at radius 3 is 2.87 bits per heavy atom. The van der Waals surface area contributed by atoms with E-state index in [2.05, 4.69) is 21.0 Å². The van der Waals surface area contributed by atoms with E-state index in [0.717, 1.165) is 60.8 Å². The highest BCUT2D eigenvalue weighted by Gasteiger charge is 2.18. The summed E-state index contributed by atoms with van der Waals surface area (Å²) < 4.78 is 14.0. The van der Waals surface area contributed by atoms with Crippen molar-refractivity contribution in [1.29, 1.82) is 0 Å². The third-order valence-electron chi connectivity index (χ3n) is 5.40. The SMILES string of the molecule is COc1ccc(Cn2c(=O)n3ncnc3c3cc(CN4CCCOCC4)sc32)cc1. The quantitative estimate of drug-likeness (QED) is 0.489. The van der Waals surface area contributed by atoms with Crippen LogP contribution in [-0.4, -0.2) is 57.5 Å². The van der Waals surface area contributed by atoms with E-state index >= 15 is 0 Å². The molecule has 1 aliphatic heterocycles. The van der Waals surface area contributed by atoms with Gasteiger partial charge in [-0.2, -0.15) is 9.61 Å². The molecule has 0 unspecified atom stereocenters. The van der Waals surface area contributed by atoms with Crippen molar-refractivity contribution in [3.8, 4) is 5.75 Å². The summed E-state index contributed by atoms with van der Waals surface area (Å²) in [4.78, 5) is 22.1. The van der Waals surface area contributed by atoms with Gasteiger partial charge in [0.25, 0.3) is 0 Å². The van der Waals surface area contributed by atoms with Crippen LogP contribution in [0.2, 0.25) is 0 Å². The fourth-order valence-corrected chi connectivity index (χ4v) is 5.05. The molecule has 0 aliphatic carbocycles. The summed E-state index contributed by atoms with van der Waals surface area (Å²) in [6, 6.07) is 9.93. The molecule has 0 atom stereocenters. The van der Waals surface area contributed by atoms with Gasteiger partial charge in [0.1, 0.15) is 16.9 Å². The van der Waals surface area contributed by atoms with Gasteiger partial charge in [-0.25, -0.2) is 9.78 Å². The second-order valence-corrected chi connectivity index (χ2v) is 8.50. The molecule has 156 valence electrons. The number of nitrogens with zero attached hydrogens (tertiary/aromatic N) is 5. The van der Waals surface area contributed by atoms with Gasteiger partial charge in [0.05, 0.1) is 25.6 Å². The van der Waals surface area contributed by atoms with E-state index in [9.17, 15) is 4.79 Å². The zero-order valence-corrected chi connectivity index (χ0v) is 17.6. The number of hydrogen-bond donors (Lipinski definition) is 0. The molecule has 8 nitrogen and oxygen atoms in total. The van der Waals surface area contributed by atoms with E-state index in [1.807, 2.05) is 24.3 Å². The van der Waals surface area contributed by atoms with Gasteiger partial charge < -0.3 is 9.47 Å². The highest BCUT2D eigenvalue weighted by molar-refractivity contribution is 7.18. The van der Waals surface area contributed by atoms with E-state index in [1.165, 1.54) is 15.7 Å². The normalized spacial score (nSPS) is 15.6. The van der Waals surface area contributed by atoms with Crippen LogP contribution in [0, 0.1) is 0 Å². The molecule has 0 amide bonds. The van der Waals surface area contributed by atoms with Gasteiger partial charge in [-0.05, 0) is 30.2 Å². The molecule has 9 heteroatoms. The van der Waals surface area contributed by atoms with Gasteiger partial charge in [-0.15, -0.1) is 11.3 Å².